The molecule has 0 aliphatic carbocycles. The summed E-state index contributed by atoms with van der Waals surface area (Å²) in [4.78, 5) is 0. The highest BCUT2D eigenvalue weighted by atomic mass is 79.9. The number of nitrogens with zero attached hydrogens (tertiary/aromatic N) is 2. The van der Waals surface area contributed by atoms with Gasteiger partial charge in [0.25, 0.3) is 0 Å². The number of rotatable bonds is 4. The Labute approximate surface area is 127 Å². The van der Waals surface area contributed by atoms with Gasteiger partial charge >= 0.3 is 0 Å². The molecule has 0 spiro atoms. The molecule has 2 heterocycles. The lowest BCUT2D eigenvalue weighted by Crippen LogP contribution is -2.08. The van der Waals surface area contributed by atoms with E-state index in [1.54, 1.807) is 0 Å². The van der Waals surface area contributed by atoms with Crippen molar-refractivity contribution in [3.05, 3.63) is 45.2 Å². The summed E-state index contributed by atoms with van der Waals surface area (Å²) in [5.41, 5.74) is 4.91. The van der Waals surface area contributed by atoms with Gasteiger partial charge in [-0.3, -0.25) is 4.68 Å². The standard InChI is InChI=1S/C15H18BrN3O/c1-10-13(7-17-2)8-18-19(10)9-12-6-14(16)5-11-3-4-20-15(11)12/h5-6,8,17H,3-4,7,9H2,1-2H3. The third-order valence-electron chi connectivity index (χ3n) is 3.72. The smallest absolute Gasteiger partial charge is 0.127 e. The zero-order valence-electron chi connectivity index (χ0n) is 11.7. The molecule has 1 aliphatic heterocycles. The minimum absolute atomic E-state index is 0.747. The first-order chi connectivity index (χ1) is 9.69. The maximum Gasteiger partial charge on any atom is 0.127 e. The van der Waals surface area contributed by atoms with Gasteiger partial charge in [-0.05, 0) is 31.7 Å². The lowest BCUT2D eigenvalue weighted by molar-refractivity contribution is 0.352. The fraction of sp³-hybridized carbons (Fsp3) is 0.400. The average molecular weight is 336 g/mol. The SMILES string of the molecule is CNCc1cnn(Cc2cc(Br)cc3c2OCC3)c1C. The van der Waals surface area contributed by atoms with E-state index in [9.17, 15) is 0 Å². The van der Waals surface area contributed by atoms with Gasteiger partial charge in [-0.1, -0.05) is 15.9 Å². The Morgan fingerprint density at radius 1 is 1.40 bits per heavy atom. The third-order valence-corrected chi connectivity index (χ3v) is 4.18. The maximum absolute atomic E-state index is 5.78. The third kappa shape index (κ3) is 2.47. The summed E-state index contributed by atoms with van der Waals surface area (Å²) in [5, 5.41) is 7.66. The van der Waals surface area contributed by atoms with E-state index in [1.165, 1.54) is 22.4 Å². The van der Waals surface area contributed by atoms with Crippen LogP contribution in [0.5, 0.6) is 5.75 Å². The zero-order chi connectivity index (χ0) is 14.1. The molecule has 3 rings (SSSR count). The van der Waals surface area contributed by atoms with E-state index < -0.39 is 0 Å². The van der Waals surface area contributed by atoms with Crippen molar-refractivity contribution < 1.29 is 4.74 Å². The van der Waals surface area contributed by atoms with Crippen molar-refractivity contribution in [1.29, 1.82) is 0 Å². The zero-order valence-corrected chi connectivity index (χ0v) is 13.3. The molecule has 20 heavy (non-hydrogen) atoms. The van der Waals surface area contributed by atoms with Crippen LogP contribution in [0.1, 0.15) is 22.4 Å². The minimum atomic E-state index is 0.747. The lowest BCUT2D eigenvalue weighted by Gasteiger charge is -2.11. The summed E-state index contributed by atoms with van der Waals surface area (Å²) in [7, 11) is 1.95. The normalized spacial score (nSPS) is 13.3. The number of benzene rings is 1. The highest BCUT2D eigenvalue weighted by Crippen LogP contribution is 2.33. The second-order valence-electron chi connectivity index (χ2n) is 5.09. The summed E-state index contributed by atoms with van der Waals surface area (Å²) in [6, 6.07) is 4.28. The van der Waals surface area contributed by atoms with Gasteiger partial charge in [0.1, 0.15) is 5.75 Å². The van der Waals surface area contributed by atoms with Crippen LogP contribution in [0, 0.1) is 6.92 Å². The summed E-state index contributed by atoms with van der Waals surface area (Å²) >= 11 is 3.58. The lowest BCUT2D eigenvalue weighted by atomic mass is 10.1. The van der Waals surface area contributed by atoms with Crippen molar-refractivity contribution >= 4 is 15.9 Å². The Bertz CT molecular complexity index is 636. The Hall–Kier alpha value is -1.33. The number of aromatic nitrogens is 2. The second-order valence-corrected chi connectivity index (χ2v) is 6.01. The Kier molecular flexibility index (Phi) is 3.81. The molecule has 106 valence electrons. The van der Waals surface area contributed by atoms with E-state index in [0.29, 0.717) is 0 Å². The number of fused-ring (bicyclic) bond motifs is 1. The molecule has 1 aliphatic rings. The minimum Gasteiger partial charge on any atom is -0.493 e. The molecule has 0 atom stereocenters. The van der Waals surface area contributed by atoms with Crippen LogP contribution in [0.2, 0.25) is 0 Å². The van der Waals surface area contributed by atoms with Gasteiger partial charge in [0.2, 0.25) is 0 Å². The highest BCUT2D eigenvalue weighted by Gasteiger charge is 2.18. The van der Waals surface area contributed by atoms with Crippen LogP contribution in [0.4, 0.5) is 0 Å². The number of halogens is 1. The Morgan fingerprint density at radius 3 is 3.05 bits per heavy atom. The van der Waals surface area contributed by atoms with Crippen LogP contribution in [0.25, 0.3) is 0 Å². The van der Waals surface area contributed by atoms with Crippen molar-refractivity contribution in [2.45, 2.75) is 26.4 Å². The van der Waals surface area contributed by atoms with Crippen molar-refractivity contribution in [2.75, 3.05) is 13.7 Å². The molecule has 2 aromatic rings. The van der Waals surface area contributed by atoms with Crippen LogP contribution < -0.4 is 10.1 Å². The fourth-order valence-electron chi connectivity index (χ4n) is 2.63. The number of nitrogens with one attached hydrogen (secondary N) is 1. The number of ether oxygens (including phenoxy) is 1. The van der Waals surface area contributed by atoms with Crippen LogP contribution in [0.3, 0.4) is 0 Å². The Morgan fingerprint density at radius 2 is 2.25 bits per heavy atom. The van der Waals surface area contributed by atoms with Crippen molar-refractivity contribution in [2.24, 2.45) is 0 Å². The van der Waals surface area contributed by atoms with Gasteiger partial charge in [0, 0.05) is 34.3 Å². The van der Waals surface area contributed by atoms with E-state index in [2.05, 4.69) is 45.4 Å². The number of hydrogen-bond acceptors (Lipinski definition) is 3. The van der Waals surface area contributed by atoms with Crippen LogP contribution in [-0.2, 0) is 19.5 Å². The van der Waals surface area contributed by atoms with Crippen molar-refractivity contribution in [1.82, 2.24) is 15.1 Å². The van der Waals surface area contributed by atoms with Crippen LogP contribution in [-0.4, -0.2) is 23.4 Å². The molecule has 0 saturated heterocycles. The number of hydrogen-bond donors (Lipinski definition) is 1. The maximum atomic E-state index is 5.78. The van der Waals surface area contributed by atoms with E-state index >= 15 is 0 Å². The molecule has 5 heteroatoms. The van der Waals surface area contributed by atoms with Crippen molar-refractivity contribution in [3.8, 4) is 5.75 Å². The van der Waals surface area contributed by atoms with Gasteiger partial charge in [0.05, 0.1) is 19.3 Å². The molecule has 0 saturated carbocycles. The van der Waals surface area contributed by atoms with Gasteiger partial charge in [0.15, 0.2) is 0 Å². The van der Waals surface area contributed by atoms with E-state index in [0.717, 1.165) is 36.3 Å². The van der Waals surface area contributed by atoms with Crippen LogP contribution >= 0.6 is 15.9 Å². The molecular formula is C15H18BrN3O. The first-order valence-electron chi connectivity index (χ1n) is 6.79. The van der Waals surface area contributed by atoms with E-state index in [4.69, 9.17) is 4.74 Å². The first-order valence-corrected chi connectivity index (χ1v) is 7.58. The van der Waals surface area contributed by atoms with Gasteiger partial charge < -0.3 is 10.1 Å². The predicted molar refractivity (Wildman–Crippen MR) is 82.2 cm³/mol. The van der Waals surface area contributed by atoms with Crippen LogP contribution in [0.15, 0.2) is 22.8 Å². The molecule has 1 aromatic carbocycles. The topological polar surface area (TPSA) is 39.1 Å². The predicted octanol–water partition coefficient (Wildman–Crippen LogP) is 2.66. The van der Waals surface area contributed by atoms with Gasteiger partial charge in [-0.15, -0.1) is 0 Å². The van der Waals surface area contributed by atoms with Crippen molar-refractivity contribution in [3.63, 3.8) is 0 Å². The average Bonchev–Trinajstić information content (AvgIpc) is 3.00. The molecule has 0 bridgehead atoms. The van der Waals surface area contributed by atoms with Gasteiger partial charge in [-0.25, -0.2) is 0 Å². The second kappa shape index (κ2) is 5.58. The summed E-state index contributed by atoms with van der Waals surface area (Å²) in [6.45, 7) is 4.48. The highest BCUT2D eigenvalue weighted by molar-refractivity contribution is 9.10. The molecule has 0 amide bonds. The molecule has 0 fully saturated rings. The molecule has 1 N–H and O–H groups in total. The molecule has 0 radical (unpaired) electrons. The Balaban J connectivity index is 1.92. The summed E-state index contributed by atoms with van der Waals surface area (Å²) in [5.74, 6) is 1.04. The van der Waals surface area contributed by atoms with E-state index in [1.807, 2.05) is 17.9 Å². The van der Waals surface area contributed by atoms with E-state index in [-0.39, 0.29) is 0 Å². The molecule has 4 nitrogen and oxygen atoms in total. The molecular weight excluding hydrogens is 318 g/mol. The van der Waals surface area contributed by atoms with Gasteiger partial charge in [-0.2, -0.15) is 5.10 Å². The summed E-state index contributed by atoms with van der Waals surface area (Å²) < 4.78 is 8.92. The molecule has 0 unspecified atom stereocenters. The summed E-state index contributed by atoms with van der Waals surface area (Å²) in [6.07, 6.45) is 2.93. The molecule has 1 aromatic heterocycles. The largest absolute Gasteiger partial charge is 0.493 e. The fourth-order valence-corrected chi connectivity index (χ4v) is 3.19. The first kappa shape index (κ1) is 13.6. The monoisotopic (exact) mass is 335 g/mol. The quantitative estimate of drug-likeness (QED) is 0.933.